The van der Waals surface area contributed by atoms with E-state index in [1.165, 1.54) is 50.0 Å². The Morgan fingerprint density at radius 2 is 1.79 bits per heavy atom. The molecule has 2 aliphatic carbocycles. The molecule has 0 unspecified atom stereocenters. The van der Waals surface area contributed by atoms with Crippen LogP contribution < -0.4 is 10.6 Å². The molecule has 0 amide bonds. The van der Waals surface area contributed by atoms with Crippen molar-refractivity contribution in [2.45, 2.75) is 32.6 Å². The molecule has 0 atom stereocenters. The maximum atomic E-state index is 5.92. The summed E-state index contributed by atoms with van der Waals surface area (Å²) in [4.78, 5) is 3.05. The fourth-order valence-electron chi connectivity index (χ4n) is 2.62. The van der Waals surface area contributed by atoms with Crippen LogP contribution in [-0.4, -0.2) is 18.1 Å². The molecule has 0 bridgehead atoms. The van der Waals surface area contributed by atoms with Crippen LogP contribution in [0, 0.1) is 18.8 Å². The van der Waals surface area contributed by atoms with Gasteiger partial charge in [-0.15, -0.1) is 0 Å². The van der Waals surface area contributed by atoms with Gasteiger partial charge in [-0.3, -0.25) is 0 Å². The van der Waals surface area contributed by atoms with E-state index in [-0.39, 0.29) is 0 Å². The lowest BCUT2D eigenvalue weighted by Gasteiger charge is -2.27. The minimum Gasteiger partial charge on any atom is -0.389 e. The molecule has 0 spiro atoms. The van der Waals surface area contributed by atoms with Crippen molar-refractivity contribution >= 4 is 22.9 Å². The van der Waals surface area contributed by atoms with E-state index < -0.39 is 0 Å². The number of thiocarbonyl (C=S) groups is 1. The third-order valence-corrected chi connectivity index (χ3v) is 4.33. The Hall–Kier alpha value is -1.09. The molecular formula is C16H22N2S. The van der Waals surface area contributed by atoms with Crippen LogP contribution in [-0.2, 0) is 0 Å². The average Bonchev–Trinajstić information content (AvgIpc) is 3.23. The zero-order valence-electron chi connectivity index (χ0n) is 11.6. The van der Waals surface area contributed by atoms with Gasteiger partial charge in [-0.2, -0.15) is 0 Å². The molecule has 0 aromatic heterocycles. The molecule has 19 heavy (non-hydrogen) atoms. The van der Waals surface area contributed by atoms with Crippen LogP contribution >= 0.6 is 12.2 Å². The SMILES string of the molecule is Cc1ccc(N(CC2CC2)CC2CC2)c(C(N)=S)c1. The zero-order chi connectivity index (χ0) is 13.4. The molecule has 0 saturated heterocycles. The van der Waals surface area contributed by atoms with E-state index in [4.69, 9.17) is 18.0 Å². The molecule has 2 saturated carbocycles. The van der Waals surface area contributed by atoms with Gasteiger partial charge in [0, 0.05) is 24.3 Å². The fourth-order valence-corrected chi connectivity index (χ4v) is 2.78. The van der Waals surface area contributed by atoms with Crippen molar-refractivity contribution < 1.29 is 0 Å². The number of rotatable bonds is 6. The van der Waals surface area contributed by atoms with E-state index in [2.05, 4.69) is 30.0 Å². The summed E-state index contributed by atoms with van der Waals surface area (Å²) in [5, 5.41) is 0. The van der Waals surface area contributed by atoms with Crippen molar-refractivity contribution in [2.24, 2.45) is 17.6 Å². The Labute approximate surface area is 121 Å². The van der Waals surface area contributed by atoms with Gasteiger partial charge < -0.3 is 10.6 Å². The monoisotopic (exact) mass is 274 g/mol. The number of hydrogen-bond acceptors (Lipinski definition) is 2. The maximum absolute atomic E-state index is 5.92. The van der Waals surface area contributed by atoms with Crippen molar-refractivity contribution in [2.75, 3.05) is 18.0 Å². The van der Waals surface area contributed by atoms with Crippen molar-refractivity contribution in [1.29, 1.82) is 0 Å². The van der Waals surface area contributed by atoms with Crippen LogP contribution in [0.15, 0.2) is 18.2 Å². The molecule has 3 rings (SSSR count). The van der Waals surface area contributed by atoms with E-state index >= 15 is 0 Å². The van der Waals surface area contributed by atoms with Gasteiger partial charge >= 0.3 is 0 Å². The number of hydrogen-bond donors (Lipinski definition) is 1. The Bertz CT molecular complexity index is 476. The van der Waals surface area contributed by atoms with Gasteiger partial charge in [0.25, 0.3) is 0 Å². The molecule has 1 aromatic rings. The first-order valence-electron chi connectivity index (χ1n) is 7.29. The summed E-state index contributed by atoms with van der Waals surface area (Å²) in [6, 6.07) is 6.50. The molecule has 0 radical (unpaired) electrons. The maximum Gasteiger partial charge on any atom is 0.106 e. The van der Waals surface area contributed by atoms with Crippen LogP contribution in [0.4, 0.5) is 5.69 Å². The summed E-state index contributed by atoms with van der Waals surface area (Å²) in [6.45, 7) is 4.45. The molecular weight excluding hydrogens is 252 g/mol. The van der Waals surface area contributed by atoms with E-state index in [9.17, 15) is 0 Å². The lowest BCUT2D eigenvalue weighted by molar-refractivity contribution is 0.679. The van der Waals surface area contributed by atoms with Crippen molar-refractivity contribution in [3.63, 3.8) is 0 Å². The first-order valence-corrected chi connectivity index (χ1v) is 7.69. The summed E-state index contributed by atoms with van der Waals surface area (Å²) in [6.07, 6.45) is 5.54. The Morgan fingerprint density at radius 3 is 2.26 bits per heavy atom. The molecule has 2 fully saturated rings. The molecule has 2 N–H and O–H groups in total. The summed E-state index contributed by atoms with van der Waals surface area (Å²) in [5.74, 6) is 1.78. The van der Waals surface area contributed by atoms with Gasteiger partial charge in [0.2, 0.25) is 0 Å². The topological polar surface area (TPSA) is 29.3 Å². The third kappa shape index (κ3) is 3.27. The Morgan fingerprint density at radius 1 is 1.21 bits per heavy atom. The highest BCUT2D eigenvalue weighted by Crippen LogP contribution is 2.36. The molecule has 2 nitrogen and oxygen atoms in total. The van der Waals surface area contributed by atoms with Gasteiger partial charge in [-0.05, 0) is 56.6 Å². The van der Waals surface area contributed by atoms with Gasteiger partial charge in [-0.1, -0.05) is 23.8 Å². The van der Waals surface area contributed by atoms with Crippen molar-refractivity contribution in [3.05, 3.63) is 29.3 Å². The molecule has 102 valence electrons. The highest BCUT2D eigenvalue weighted by molar-refractivity contribution is 7.80. The predicted molar refractivity (Wildman–Crippen MR) is 84.7 cm³/mol. The average molecular weight is 274 g/mol. The van der Waals surface area contributed by atoms with Crippen LogP contribution in [0.1, 0.15) is 36.8 Å². The summed E-state index contributed by atoms with van der Waals surface area (Å²) >= 11 is 5.24. The molecule has 0 heterocycles. The van der Waals surface area contributed by atoms with Gasteiger partial charge in [-0.25, -0.2) is 0 Å². The normalized spacial score (nSPS) is 18.4. The Kier molecular flexibility index (Phi) is 3.48. The number of aryl methyl sites for hydroxylation is 1. The molecule has 1 aromatic carbocycles. The summed E-state index contributed by atoms with van der Waals surface area (Å²) in [7, 11) is 0. The quantitative estimate of drug-likeness (QED) is 0.807. The molecule has 2 aliphatic rings. The third-order valence-electron chi connectivity index (χ3n) is 4.11. The zero-order valence-corrected chi connectivity index (χ0v) is 12.4. The minimum absolute atomic E-state index is 0.523. The highest BCUT2D eigenvalue weighted by Gasteiger charge is 2.30. The minimum atomic E-state index is 0.523. The molecule has 0 aliphatic heterocycles. The smallest absolute Gasteiger partial charge is 0.106 e. The van der Waals surface area contributed by atoms with Gasteiger partial charge in [0.15, 0.2) is 0 Å². The Balaban J connectivity index is 1.88. The number of benzene rings is 1. The van der Waals surface area contributed by atoms with Gasteiger partial charge in [0.05, 0.1) is 0 Å². The van der Waals surface area contributed by atoms with E-state index in [0.717, 1.165) is 17.4 Å². The van der Waals surface area contributed by atoms with Crippen molar-refractivity contribution in [1.82, 2.24) is 0 Å². The van der Waals surface area contributed by atoms with Gasteiger partial charge in [0.1, 0.15) is 4.99 Å². The second-order valence-electron chi connectivity index (χ2n) is 6.18. The molecule has 3 heteroatoms. The lowest BCUT2D eigenvalue weighted by atomic mass is 10.1. The largest absolute Gasteiger partial charge is 0.389 e. The highest BCUT2D eigenvalue weighted by atomic mass is 32.1. The van der Waals surface area contributed by atoms with Crippen LogP contribution in [0.2, 0.25) is 0 Å². The number of anilines is 1. The first-order chi connectivity index (χ1) is 9.13. The standard InChI is InChI=1S/C16H22N2S/c1-11-2-7-15(14(8-11)16(17)19)18(9-12-3-4-12)10-13-5-6-13/h2,7-8,12-13H,3-6,9-10H2,1H3,(H2,17,19). The van der Waals surface area contributed by atoms with E-state index in [0.29, 0.717) is 4.99 Å². The number of nitrogens with zero attached hydrogens (tertiary/aromatic N) is 1. The first kappa shape index (κ1) is 12.9. The summed E-state index contributed by atoms with van der Waals surface area (Å²) in [5.41, 5.74) is 9.44. The lowest BCUT2D eigenvalue weighted by Crippen LogP contribution is -2.30. The van der Waals surface area contributed by atoms with Crippen LogP contribution in [0.5, 0.6) is 0 Å². The van der Waals surface area contributed by atoms with Crippen LogP contribution in [0.3, 0.4) is 0 Å². The van der Waals surface area contributed by atoms with Crippen molar-refractivity contribution in [3.8, 4) is 0 Å². The fraction of sp³-hybridized carbons (Fsp3) is 0.562. The van der Waals surface area contributed by atoms with E-state index in [1.807, 2.05) is 0 Å². The predicted octanol–water partition coefficient (Wildman–Crippen LogP) is 3.26. The number of nitrogens with two attached hydrogens (primary N) is 1. The second-order valence-corrected chi connectivity index (χ2v) is 6.62. The van der Waals surface area contributed by atoms with E-state index in [1.54, 1.807) is 0 Å². The summed E-state index contributed by atoms with van der Waals surface area (Å²) < 4.78 is 0. The van der Waals surface area contributed by atoms with Crippen LogP contribution in [0.25, 0.3) is 0 Å². The second kappa shape index (κ2) is 5.12.